The molecule has 5 rings (SSSR count). The van der Waals surface area contributed by atoms with Crippen LogP contribution in [0.5, 0.6) is 0 Å². The lowest BCUT2D eigenvalue weighted by Crippen LogP contribution is -2.29. The molecule has 1 fully saturated rings. The number of thiazole rings is 1. The number of aryl methyl sites for hydroxylation is 1. The van der Waals surface area contributed by atoms with Gasteiger partial charge >= 0.3 is 0 Å². The average Bonchev–Trinajstić information content (AvgIpc) is 3.49. The first-order valence-corrected chi connectivity index (χ1v) is 11.4. The summed E-state index contributed by atoms with van der Waals surface area (Å²) in [7, 11) is 0. The van der Waals surface area contributed by atoms with Crippen LogP contribution in [0.4, 0.5) is 0 Å². The zero-order valence-electron chi connectivity index (χ0n) is 17.3. The Hall–Kier alpha value is -3.10. The number of hydrogen-bond donors (Lipinski definition) is 1. The SMILES string of the molecule is Cc1cc([C@@H]2[C@@H](c3ccccn3)NC(=S)N2Cc2ccccn2)c(C)n1-c1nccs1. The smallest absolute Gasteiger partial charge is 0.193 e. The zero-order chi connectivity index (χ0) is 21.4. The summed E-state index contributed by atoms with van der Waals surface area (Å²) in [6.45, 7) is 4.90. The van der Waals surface area contributed by atoms with Gasteiger partial charge in [0.05, 0.1) is 30.0 Å². The molecule has 31 heavy (non-hydrogen) atoms. The number of hydrogen-bond acceptors (Lipinski definition) is 5. The van der Waals surface area contributed by atoms with E-state index in [2.05, 4.69) is 55.7 Å². The molecule has 1 aliphatic rings. The molecule has 2 atom stereocenters. The van der Waals surface area contributed by atoms with E-state index in [0.717, 1.165) is 27.9 Å². The van der Waals surface area contributed by atoms with Crippen LogP contribution in [0.15, 0.2) is 66.4 Å². The molecule has 1 N–H and O–H groups in total. The number of rotatable bonds is 5. The van der Waals surface area contributed by atoms with Gasteiger partial charge in [0.15, 0.2) is 10.2 Å². The number of thiocarbonyl (C=S) groups is 1. The summed E-state index contributed by atoms with van der Waals surface area (Å²) in [6, 6.07) is 14.2. The molecule has 4 aromatic heterocycles. The van der Waals surface area contributed by atoms with E-state index in [4.69, 9.17) is 12.2 Å². The molecule has 0 unspecified atom stereocenters. The molecule has 0 saturated carbocycles. The summed E-state index contributed by atoms with van der Waals surface area (Å²) >= 11 is 7.43. The van der Waals surface area contributed by atoms with Crippen LogP contribution in [0, 0.1) is 13.8 Å². The molecule has 0 bridgehead atoms. The molecule has 0 aromatic carbocycles. The molecule has 5 heterocycles. The van der Waals surface area contributed by atoms with Gasteiger partial charge in [-0.05, 0) is 62.0 Å². The Labute approximate surface area is 190 Å². The van der Waals surface area contributed by atoms with Gasteiger partial charge in [-0.1, -0.05) is 12.1 Å². The summed E-state index contributed by atoms with van der Waals surface area (Å²) in [5.74, 6) is 0. The summed E-state index contributed by atoms with van der Waals surface area (Å²) < 4.78 is 2.22. The maximum Gasteiger partial charge on any atom is 0.193 e. The first-order valence-electron chi connectivity index (χ1n) is 10.1. The molecule has 1 aliphatic heterocycles. The van der Waals surface area contributed by atoms with E-state index < -0.39 is 0 Å². The Balaban J connectivity index is 1.62. The Morgan fingerprint density at radius 3 is 2.52 bits per heavy atom. The standard InChI is InChI=1S/C23H22N6S2/c1-15-13-18(16(2)29(15)23-26-11-12-31-23)21-20(19-8-4-6-10-25-19)27-22(30)28(21)14-17-7-3-5-9-24-17/h3-13,20-21H,14H2,1-2H3,(H,27,30)/t20-,21-/m1/s1. The highest BCUT2D eigenvalue weighted by atomic mass is 32.1. The van der Waals surface area contributed by atoms with Gasteiger partial charge in [0.2, 0.25) is 0 Å². The predicted molar refractivity (Wildman–Crippen MR) is 126 cm³/mol. The molecular weight excluding hydrogens is 424 g/mol. The molecule has 4 aromatic rings. The van der Waals surface area contributed by atoms with Crippen molar-refractivity contribution >= 4 is 28.7 Å². The van der Waals surface area contributed by atoms with Gasteiger partial charge in [0.25, 0.3) is 0 Å². The maximum atomic E-state index is 5.80. The first-order chi connectivity index (χ1) is 15.1. The van der Waals surface area contributed by atoms with Gasteiger partial charge in [0, 0.05) is 35.4 Å². The maximum absolute atomic E-state index is 5.80. The first kappa shape index (κ1) is 19.8. The van der Waals surface area contributed by atoms with Crippen molar-refractivity contribution in [3.05, 3.63) is 94.8 Å². The average molecular weight is 447 g/mol. The van der Waals surface area contributed by atoms with Crippen LogP contribution >= 0.6 is 23.6 Å². The number of nitrogens with one attached hydrogen (secondary N) is 1. The zero-order valence-corrected chi connectivity index (χ0v) is 18.9. The summed E-state index contributed by atoms with van der Waals surface area (Å²) in [5.41, 5.74) is 5.48. The van der Waals surface area contributed by atoms with Crippen LogP contribution < -0.4 is 5.32 Å². The Kier molecular flexibility index (Phi) is 5.25. The van der Waals surface area contributed by atoms with E-state index in [1.54, 1.807) is 11.3 Å². The van der Waals surface area contributed by atoms with Gasteiger partial charge in [-0.2, -0.15) is 0 Å². The van der Waals surface area contributed by atoms with Crippen LogP contribution in [0.3, 0.4) is 0 Å². The fourth-order valence-electron chi connectivity index (χ4n) is 4.29. The molecule has 6 nitrogen and oxygen atoms in total. The molecular formula is C23H22N6S2. The van der Waals surface area contributed by atoms with Crippen molar-refractivity contribution in [3.63, 3.8) is 0 Å². The third-order valence-electron chi connectivity index (χ3n) is 5.66. The molecule has 8 heteroatoms. The highest BCUT2D eigenvalue weighted by Crippen LogP contribution is 2.42. The third kappa shape index (κ3) is 3.62. The quantitative estimate of drug-likeness (QED) is 0.455. The molecule has 0 spiro atoms. The minimum Gasteiger partial charge on any atom is -0.352 e. The molecule has 1 saturated heterocycles. The van der Waals surface area contributed by atoms with E-state index >= 15 is 0 Å². The van der Waals surface area contributed by atoms with Gasteiger partial charge in [0.1, 0.15) is 0 Å². The van der Waals surface area contributed by atoms with Crippen LogP contribution in [-0.4, -0.2) is 29.5 Å². The number of nitrogens with zero attached hydrogens (tertiary/aromatic N) is 5. The summed E-state index contributed by atoms with van der Waals surface area (Å²) in [6.07, 6.45) is 5.49. The van der Waals surface area contributed by atoms with Gasteiger partial charge in [-0.3, -0.25) is 14.5 Å². The monoisotopic (exact) mass is 446 g/mol. The predicted octanol–water partition coefficient (Wildman–Crippen LogP) is 4.51. The van der Waals surface area contributed by atoms with Crippen molar-refractivity contribution in [3.8, 4) is 5.13 Å². The van der Waals surface area contributed by atoms with Crippen molar-refractivity contribution in [1.29, 1.82) is 0 Å². The lowest BCUT2D eigenvalue weighted by molar-refractivity contribution is 0.307. The topological polar surface area (TPSA) is 58.9 Å². The Morgan fingerprint density at radius 1 is 1.03 bits per heavy atom. The van der Waals surface area contributed by atoms with Gasteiger partial charge in [-0.15, -0.1) is 11.3 Å². The molecule has 0 aliphatic carbocycles. The van der Waals surface area contributed by atoms with Crippen LogP contribution in [0.25, 0.3) is 5.13 Å². The van der Waals surface area contributed by atoms with Crippen LogP contribution in [0.1, 0.15) is 40.4 Å². The summed E-state index contributed by atoms with van der Waals surface area (Å²) in [4.78, 5) is 15.9. The number of aromatic nitrogens is 4. The second-order valence-corrected chi connectivity index (χ2v) is 8.81. The fraction of sp³-hybridized carbons (Fsp3) is 0.217. The van der Waals surface area contributed by atoms with Crippen LogP contribution in [0.2, 0.25) is 0 Å². The van der Waals surface area contributed by atoms with E-state index in [0.29, 0.717) is 11.7 Å². The number of pyridine rings is 2. The highest BCUT2D eigenvalue weighted by molar-refractivity contribution is 7.80. The van der Waals surface area contributed by atoms with Gasteiger partial charge in [-0.25, -0.2) is 4.98 Å². The highest BCUT2D eigenvalue weighted by Gasteiger charge is 2.41. The lowest BCUT2D eigenvalue weighted by Gasteiger charge is -2.27. The van der Waals surface area contributed by atoms with Crippen LogP contribution in [-0.2, 0) is 6.54 Å². The van der Waals surface area contributed by atoms with Crippen molar-refractivity contribution in [2.24, 2.45) is 0 Å². The Bertz CT molecular complexity index is 1190. The molecule has 0 amide bonds. The minimum atomic E-state index is -0.0531. The molecule has 0 radical (unpaired) electrons. The van der Waals surface area contributed by atoms with E-state index in [-0.39, 0.29) is 12.1 Å². The third-order valence-corrected chi connectivity index (χ3v) is 6.76. The lowest BCUT2D eigenvalue weighted by atomic mass is 9.96. The normalized spacial score (nSPS) is 18.4. The second-order valence-electron chi connectivity index (χ2n) is 7.55. The van der Waals surface area contributed by atoms with Crippen molar-refractivity contribution in [1.82, 2.24) is 29.7 Å². The fourth-order valence-corrected chi connectivity index (χ4v) is 5.34. The molecule has 156 valence electrons. The van der Waals surface area contributed by atoms with Crippen molar-refractivity contribution in [2.45, 2.75) is 32.5 Å². The van der Waals surface area contributed by atoms with Crippen molar-refractivity contribution < 1.29 is 0 Å². The summed E-state index contributed by atoms with van der Waals surface area (Å²) in [5, 5.41) is 7.21. The van der Waals surface area contributed by atoms with E-state index in [1.165, 1.54) is 5.56 Å². The second kappa shape index (κ2) is 8.20. The Morgan fingerprint density at radius 2 is 1.84 bits per heavy atom. The largest absolute Gasteiger partial charge is 0.352 e. The van der Waals surface area contributed by atoms with Gasteiger partial charge < -0.3 is 10.2 Å². The van der Waals surface area contributed by atoms with Crippen molar-refractivity contribution in [2.75, 3.05) is 0 Å². The van der Waals surface area contributed by atoms with E-state index in [9.17, 15) is 0 Å². The minimum absolute atomic E-state index is 0.00989. The van der Waals surface area contributed by atoms with E-state index in [1.807, 2.05) is 54.3 Å².